The second-order valence-corrected chi connectivity index (χ2v) is 5.01. The molecule has 0 saturated carbocycles. The normalized spacial score (nSPS) is 10.8. The van der Waals surface area contributed by atoms with Crippen molar-refractivity contribution in [2.75, 3.05) is 0 Å². The van der Waals surface area contributed by atoms with Crippen LogP contribution in [0, 0.1) is 0 Å². The molecule has 2 aromatic carbocycles. The Labute approximate surface area is 120 Å². The molecule has 0 aliphatic rings. The minimum absolute atomic E-state index is 0.0409. The summed E-state index contributed by atoms with van der Waals surface area (Å²) in [4.78, 5) is 0. The molecule has 0 saturated heterocycles. The summed E-state index contributed by atoms with van der Waals surface area (Å²) in [5.41, 5.74) is 5.73. The first kappa shape index (κ1) is 14.4. The monoisotopic (exact) mass is 270 g/mol. The number of benzene rings is 2. The molecule has 0 fully saturated rings. The van der Waals surface area contributed by atoms with Crippen LogP contribution in [0.4, 0.5) is 0 Å². The van der Waals surface area contributed by atoms with E-state index in [2.05, 4.69) is 32.9 Å². The molecule has 0 heterocycles. The van der Waals surface area contributed by atoms with Crippen LogP contribution < -0.4 is 0 Å². The van der Waals surface area contributed by atoms with Gasteiger partial charge in [-0.25, -0.2) is 0 Å². The summed E-state index contributed by atoms with van der Waals surface area (Å²) in [6.07, 6.45) is 2.98. The van der Waals surface area contributed by atoms with E-state index >= 15 is 0 Å². The second-order valence-electron chi connectivity index (χ2n) is 5.01. The molecule has 0 unspecified atom stereocenters. The molecule has 106 valence electrons. The van der Waals surface area contributed by atoms with Crippen LogP contribution in [0.25, 0.3) is 11.1 Å². The fraction of sp³-hybridized carbons (Fsp3) is 0.333. The molecule has 0 radical (unpaired) electrons. The Balaban J connectivity index is 2.66. The molecule has 20 heavy (non-hydrogen) atoms. The third-order valence-corrected chi connectivity index (χ3v) is 3.88. The molecule has 2 heteroatoms. The van der Waals surface area contributed by atoms with Crippen LogP contribution in [-0.2, 0) is 19.3 Å². The Morgan fingerprint density at radius 1 is 0.850 bits per heavy atom. The topological polar surface area (TPSA) is 40.5 Å². The summed E-state index contributed by atoms with van der Waals surface area (Å²) >= 11 is 0. The number of aromatic hydroxyl groups is 2. The third kappa shape index (κ3) is 2.51. The zero-order valence-corrected chi connectivity index (χ0v) is 12.4. The lowest BCUT2D eigenvalue weighted by molar-refractivity contribution is 0.405. The number of aryl methyl sites for hydroxylation is 2. The predicted molar refractivity (Wildman–Crippen MR) is 83.3 cm³/mol. The Hall–Kier alpha value is -1.96. The highest BCUT2D eigenvalue weighted by molar-refractivity contribution is 5.74. The van der Waals surface area contributed by atoms with Gasteiger partial charge in [-0.15, -0.1) is 0 Å². The molecule has 2 nitrogen and oxygen atoms in total. The van der Waals surface area contributed by atoms with Gasteiger partial charge < -0.3 is 10.2 Å². The SMILES string of the molecule is CCc1cc(-c2cccc(O)c2O)cc(CC)c1CC. The van der Waals surface area contributed by atoms with Gasteiger partial charge in [-0.2, -0.15) is 0 Å². The smallest absolute Gasteiger partial charge is 0.165 e. The van der Waals surface area contributed by atoms with Gasteiger partial charge in [0.15, 0.2) is 11.5 Å². The summed E-state index contributed by atoms with van der Waals surface area (Å²) in [6, 6.07) is 9.37. The van der Waals surface area contributed by atoms with E-state index in [0.29, 0.717) is 5.56 Å². The third-order valence-electron chi connectivity index (χ3n) is 3.88. The molecule has 0 amide bonds. The van der Waals surface area contributed by atoms with E-state index in [-0.39, 0.29) is 11.5 Å². The maximum Gasteiger partial charge on any atom is 0.165 e. The molecule has 2 rings (SSSR count). The number of para-hydroxylation sites is 1. The quantitative estimate of drug-likeness (QED) is 0.806. The largest absolute Gasteiger partial charge is 0.504 e. The number of phenolic OH excluding ortho intramolecular Hbond substituents is 2. The van der Waals surface area contributed by atoms with Crippen molar-refractivity contribution in [3.63, 3.8) is 0 Å². The van der Waals surface area contributed by atoms with E-state index < -0.39 is 0 Å². The van der Waals surface area contributed by atoms with Crippen molar-refractivity contribution >= 4 is 0 Å². The van der Waals surface area contributed by atoms with Crippen molar-refractivity contribution in [1.29, 1.82) is 0 Å². The highest BCUT2D eigenvalue weighted by atomic mass is 16.3. The Kier molecular flexibility index (Phi) is 4.33. The average molecular weight is 270 g/mol. The van der Waals surface area contributed by atoms with Crippen molar-refractivity contribution in [3.8, 4) is 22.6 Å². The van der Waals surface area contributed by atoms with Crippen molar-refractivity contribution in [2.45, 2.75) is 40.0 Å². The summed E-state index contributed by atoms with van der Waals surface area (Å²) < 4.78 is 0. The highest BCUT2D eigenvalue weighted by Gasteiger charge is 2.12. The van der Waals surface area contributed by atoms with Crippen LogP contribution in [0.1, 0.15) is 37.5 Å². The lowest BCUT2D eigenvalue weighted by atomic mass is 9.90. The van der Waals surface area contributed by atoms with Crippen LogP contribution >= 0.6 is 0 Å². The maximum atomic E-state index is 10.1. The van der Waals surface area contributed by atoms with Crippen molar-refractivity contribution < 1.29 is 10.2 Å². The first-order valence-electron chi connectivity index (χ1n) is 7.28. The Morgan fingerprint density at radius 2 is 1.45 bits per heavy atom. The van der Waals surface area contributed by atoms with Gasteiger partial charge in [0.1, 0.15) is 0 Å². The zero-order valence-electron chi connectivity index (χ0n) is 12.4. The van der Waals surface area contributed by atoms with E-state index in [1.165, 1.54) is 22.8 Å². The van der Waals surface area contributed by atoms with Crippen molar-refractivity contribution in [2.24, 2.45) is 0 Å². The lowest BCUT2D eigenvalue weighted by Crippen LogP contribution is -1.99. The second kappa shape index (κ2) is 6.00. The highest BCUT2D eigenvalue weighted by Crippen LogP contribution is 2.37. The minimum atomic E-state index is -0.0711. The van der Waals surface area contributed by atoms with E-state index in [4.69, 9.17) is 0 Å². The van der Waals surface area contributed by atoms with Gasteiger partial charge in [-0.1, -0.05) is 45.0 Å². The fourth-order valence-corrected chi connectivity index (χ4v) is 2.80. The Bertz CT molecular complexity index is 590. The van der Waals surface area contributed by atoms with Gasteiger partial charge in [0, 0.05) is 5.56 Å². The number of hydrogen-bond acceptors (Lipinski definition) is 2. The molecule has 2 N–H and O–H groups in total. The summed E-state index contributed by atoms with van der Waals surface area (Å²) in [6.45, 7) is 6.49. The maximum absolute atomic E-state index is 10.1. The standard InChI is InChI=1S/C18H22O2/c1-4-12-10-14(11-13(5-2)15(12)6-3)16-8-7-9-17(19)18(16)20/h7-11,19-20H,4-6H2,1-3H3. The number of rotatable bonds is 4. The first-order valence-corrected chi connectivity index (χ1v) is 7.28. The zero-order chi connectivity index (χ0) is 14.7. The lowest BCUT2D eigenvalue weighted by Gasteiger charge is -2.15. The molecule has 0 aliphatic carbocycles. The molecular weight excluding hydrogens is 248 g/mol. The summed E-state index contributed by atoms with van der Waals surface area (Å²) in [5.74, 6) is -0.112. The van der Waals surface area contributed by atoms with Crippen LogP contribution in [0.15, 0.2) is 30.3 Å². The summed E-state index contributed by atoms with van der Waals surface area (Å²) in [7, 11) is 0. The summed E-state index contributed by atoms with van der Waals surface area (Å²) in [5, 5.41) is 19.7. The molecule has 0 spiro atoms. The van der Waals surface area contributed by atoms with Gasteiger partial charge in [0.25, 0.3) is 0 Å². The molecule has 0 aliphatic heterocycles. The van der Waals surface area contributed by atoms with Crippen LogP contribution in [0.2, 0.25) is 0 Å². The van der Waals surface area contributed by atoms with Crippen molar-refractivity contribution in [3.05, 3.63) is 47.0 Å². The van der Waals surface area contributed by atoms with Gasteiger partial charge in [-0.05, 0) is 47.6 Å². The Morgan fingerprint density at radius 3 is 1.95 bits per heavy atom. The molecule has 2 aromatic rings. The average Bonchev–Trinajstić information content (AvgIpc) is 2.48. The van der Waals surface area contributed by atoms with Gasteiger partial charge >= 0.3 is 0 Å². The van der Waals surface area contributed by atoms with E-state index in [9.17, 15) is 10.2 Å². The van der Waals surface area contributed by atoms with E-state index in [1.54, 1.807) is 6.07 Å². The molecule has 0 aromatic heterocycles. The van der Waals surface area contributed by atoms with Crippen LogP contribution in [-0.4, -0.2) is 10.2 Å². The molecule has 0 atom stereocenters. The van der Waals surface area contributed by atoms with E-state index in [0.717, 1.165) is 24.8 Å². The number of hydrogen-bond donors (Lipinski definition) is 2. The molecular formula is C18H22O2. The van der Waals surface area contributed by atoms with Gasteiger partial charge in [0.05, 0.1) is 0 Å². The van der Waals surface area contributed by atoms with Crippen molar-refractivity contribution in [1.82, 2.24) is 0 Å². The first-order chi connectivity index (χ1) is 9.62. The van der Waals surface area contributed by atoms with Crippen LogP contribution in [0.5, 0.6) is 11.5 Å². The van der Waals surface area contributed by atoms with Gasteiger partial charge in [0.2, 0.25) is 0 Å². The predicted octanol–water partition coefficient (Wildman–Crippen LogP) is 4.45. The van der Waals surface area contributed by atoms with Crippen LogP contribution in [0.3, 0.4) is 0 Å². The molecule has 0 bridgehead atoms. The number of phenols is 2. The fourth-order valence-electron chi connectivity index (χ4n) is 2.80. The van der Waals surface area contributed by atoms with E-state index in [1.807, 2.05) is 6.07 Å². The minimum Gasteiger partial charge on any atom is -0.504 e. The van der Waals surface area contributed by atoms with Gasteiger partial charge in [-0.3, -0.25) is 0 Å².